The molecule has 2 N–H and O–H groups in total. The number of nitrogens with one attached hydrogen (secondary N) is 2. The Morgan fingerprint density at radius 2 is 1.88 bits per heavy atom. The first-order chi connectivity index (χ1) is 11.2. The van der Waals surface area contributed by atoms with Gasteiger partial charge in [-0.25, -0.2) is 8.42 Å². The normalized spacial score (nSPS) is 11.5. The molecule has 0 fully saturated rings. The lowest BCUT2D eigenvalue weighted by atomic mass is 10.3. The summed E-state index contributed by atoms with van der Waals surface area (Å²) in [6.45, 7) is 4.03. The van der Waals surface area contributed by atoms with Crippen molar-refractivity contribution in [1.82, 2.24) is 14.8 Å². The van der Waals surface area contributed by atoms with E-state index >= 15 is 0 Å². The molecule has 0 aliphatic heterocycles. The number of thioether (sulfide) groups is 1. The number of hydrogen-bond acceptors (Lipinski definition) is 6. The number of aromatic nitrogens is 3. The van der Waals surface area contributed by atoms with Crippen LogP contribution in [0.3, 0.4) is 0 Å². The standard InChI is InChI=1S/C14H19N5O3S2/c1-10(2)19-9-15-17-14(19)23-8-13(20)16-11-4-6-12(7-5-11)18-24(3,21)22/h4-7,9-10,18H,8H2,1-3H3,(H,16,20). The number of anilines is 2. The van der Waals surface area contributed by atoms with Crippen LogP contribution >= 0.6 is 11.8 Å². The van der Waals surface area contributed by atoms with Crippen molar-refractivity contribution in [3.05, 3.63) is 30.6 Å². The van der Waals surface area contributed by atoms with E-state index in [-0.39, 0.29) is 17.7 Å². The summed E-state index contributed by atoms with van der Waals surface area (Å²) in [5.74, 6) is 0.0245. The Labute approximate surface area is 145 Å². The summed E-state index contributed by atoms with van der Waals surface area (Å²) in [6, 6.07) is 6.65. The number of amides is 1. The maximum Gasteiger partial charge on any atom is 0.234 e. The minimum absolute atomic E-state index is 0.179. The molecule has 8 nitrogen and oxygen atoms in total. The molecule has 1 amide bonds. The van der Waals surface area contributed by atoms with Crippen molar-refractivity contribution in [2.24, 2.45) is 0 Å². The molecule has 0 radical (unpaired) electrons. The maximum atomic E-state index is 12.0. The van der Waals surface area contributed by atoms with Crippen LogP contribution in [0.15, 0.2) is 35.7 Å². The SMILES string of the molecule is CC(C)n1cnnc1SCC(=O)Nc1ccc(NS(C)(=O)=O)cc1. The van der Waals surface area contributed by atoms with Gasteiger partial charge in [0.25, 0.3) is 0 Å². The van der Waals surface area contributed by atoms with Gasteiger partial charge in [0.05, 0.1) is 12.0 Å². The molecule has 0 atom stereocenters. The zero-order valence-electron chi connectivity index (χ0n) is 13.6. The lowest BCUT2D eigenvalue weighted by molar-refractivity contribution is -0.113. The Balaban J connectivity index is 1.89. The Hall–Kier alpha value is -2.07. The molecule has 10 heteroatoms. The number of rotatable bonds is 7. The molecule has 130 valence electrons. The molecule has 0 saturated heterocycles. The number of carbonyl (C=O) groups excluding carboxylic acids is 1. The highest BCUT2D eigenvalue weighted by atomic mass is 32.2. The van der Waals surface area contributed by atoms with Crippen LogP contribution in [-0.4, -0.2) is 41.1 Å². The molecule has 2 aromatic rings. The molecule has 1 aromatic heterocycles. The fourth-order valence-electron chi connectivity index (χ4n) is 1.85. The predicted molar refractivity (Wildman–Crippen MR) is 94.7 cm³/mol. The minimum Gasteiger partial charge on any atom is -0.325 e. The molecule has 24 heavy (non-hydrogen) atoms. The highest BCUT2D eigenvalue weighted by Gasteiger charge is 2.11. The number of nitrogens with zero attached hydrogens (tertiary/aromatic N) is 3. The topological polar surface area (TPSA) is 106 Å². The van der Waals surface area contributed by atoms with Gasteiger partial charge >= 0.3 is 0 Å². The number of benzene rings is 1. The van der Waals surface area contributed by atoms with E-state index in [9.17, 15) is 13.2 Å². The van der Waals surface area contributed by atoms with Crippen LogP contribution in [0, 0.1) is 0 Å². The maximum absolute atomic E-state index is 12.0. The summed E-state index contributed by atoms with van der Waals surface area (Å²) >= 11 is 1.31. The number of sulfonamides is 1. The highest BCUT2D eigenvalue weighted by molar-refractivity contribution is 7.99. The van der Waals surface area contributed by atoms with Gasteiger partial charge in [-0.05, 0) is 38.1 Å². The molecule has 1 heterocycles. The van der Waals surface area contributed by atoms with Gasteiger partial charge < -0.3 is 9.88 Å². The summed E-state index contributed by atoms with van der Waals surface area (Å²) in [5, 5.41) is 11.3. The Morgan fingerprint density at radius 1 is 1.25 bits per heavy atom. The number of hydrogen-bond donors (Lipinski definition) is 2. The second-order valence-corrected chi connectivity index (χ2v) is 8.09. The van der Waals surface area contributed by atoms with Gasteiger partial charge in [-0.3, -0.25) is 9.52 Å². The Morgan fingerprint density at radius 3 is 2.46 bits per heavy atom. The lowest BCUT2D eigenvalue weighted by Gasteiger charge is -2.10. The van der Waals surface area contributed by atoms with Gasteiger partial charge in [0.1, 0.15) is 6.33 Å². The molecule has 0 unspecified atom stereocenters. The number of carbonyl (C=O) groups is 1. The van der Waals surface area contributed by atoms with Crippen LogP contribution in [0.2, 0.25) is 0 Å². The van der Waals surface area contributed by atoms with Crippen LogP contribution in [0.25, 0.3) is 0 Å². The molecule has 0 aliphatic carbocycles. The third-order valence-electron chi connectivity index (χ3n) is 2.90. The molecular weight excluding hydrogens is 350 g/mol. The van der Waals surface area contributed by atoms with Gasteiger partial charge in [0, 0.05) is 17.4 Å². The van der Waals surface area contributed by atoms with Crippen molar-refractivity contribution in [3.63, 3.8) is 0 Å². The van der Waals surface area contributed by atoms with Crippen LogP contribution < -0.4 is 10.0 Å². The van der Waals surface area contributed by atoms with E-state index in [0.29, 0.717) is 16.5 Å². The van der Waals surface area contributed by atoms with Gasteiger partial charge in [-0.15, -0.1) is 10.2 Å². The fraction of sp³-hybridized carbons (Fsp3) is 0.357. The van der Waals surface area contributed by atoms with E-state index in [0.717, 1.165) is 6.26 Å². The van der Waals surface area contributed by atoms with Crippen molar-refractivity contribution in [2.75, 3.05) is 22.0 Å². The third-order valence-corrected chi connectivity index (χ3v) is 4.46. The van der Waals surface area contributed by atoms with Crippen molar-refractivity contribution in [1.29, 1.82) is 0 Å². The lowest BCUT2D eigenvalue weighted by Crippen LogP contribution is -2.15. The smallest absolute Gasteiger partial charge is 0.234 e. The highest BCUT2D eigenvalue weighted by Crippen LogP contribution is 2.19. The molecule has 0 bridgehead atoms. The van der Waals surface area contributed by atoms with E-state index in [4.69, 9.17) is 0 Å². The zero-order valence-corrected chi connectivity index (χ0v) is 15.2. The van der Waals surface area contributed by atoms with E-state index in [2.05, 4.69) is 20.2 Å². The van der Waals surface area contributed by atoms with Gasteiger partial charge in [-0.2, -0.15) is 0 Å². The van der Waals surface area contributed by atoms with Gasteiger partial charge in [-0.1, -0.05) is 11.8 Å². The first-order valence-corrected chi connectivity index (χ1v) is 10.0. The fourth-order valence-corrected chi connectivity index (χ4v) is 3.26. The average Bonchev–Trinajstić information content (AvgIpc) is 2.94. The summed E-state index contributed by atoms with van der Waals surface area (Å²) in [7, 11) is -3.31. The molecular formula is C14H19N5O3S2. The summed E-state index contributed by atoms with van der Waals surface area (Å²) < 4.78 is 26.5. The van der Waals surface area contributed by atoms with Gasteiger partial charge in [0.2, 0.25) is 15.9 Å². The van der Waals surface area contributed by atoms with E-state index in [1.165, 1.54) is 11.8 Å². The Bertz CT molecular complexity index is 800. The summed E-state index contributed by atoms with van der Waals surface area (Å²) in [4.78, 5) is 12.0. The van der Waals surface area contributed by atoms with Crippen molar-refractivity contribution >= 4 is 39.1 Å². The average molecular weight is 369 g/mol. The van der Waals surface area contributed by atoms with Crippen molar-refractivity contribution in [2.45, 2.75) is 25.0 Å². The summed E-state index contributed by atoms with van der Waals surface area (Å²) in [6.07, 6.45) is 2.72. The molecule has 1 aromatic carbocycles. The minimum atomic E-state index is -3.31. The monoisotopic (exact) mass is 369 g/mol. The third kappa shape index (κ3) is 5.53. The Kier molecular flexibility index (Phi) is 5.84. The van der Waals surface area contributed by atoms with Crippen LogP contribution in [-0.2, 0) is 14.8 Å². The molecule has 0 aliphatic rings. The van der Waals surface area contributed by atoms with Crippen LogP contribution in [0.4, 0.5) is 11.4 Å². The second kappa shape index (κ2) is 7.67. The van der Waals surface area contributed by atoms with Crippen molar-refractivity contribution < 1.29 is 13.2 Å². The quantitative estimate of drug-likeness (QED) is 0.723. The molecule has 2 rings (SSSR count). The van der Waals surface area contributed by atoms with Crippen LogP contribution in [0.1, 0.15) is 19.9 Å². The second-order valence-electron chi connectivity index (χ2n) is 5.40. The van der Waals surface area contributed by atoms with E-state index in [1.54, 1.807) is 30.6 Å². The predicted octanol–water partition coefficient (Wildman–Crippen LogP) is 1.96. The van der Waals surface area contributed by atoms with Crippen molar-refractivity contribution in [3.8, 4) is 0 Å². The first kappa shape index (κ1) is 18.3. The summed E-state index contributed by atoms with van der Waals surface area (Å²) in [5.41, 5.74) is 1.03. The van der Waals surface area contributed by atoms with E-state index in [1.807, 2.05) is 18.4 Å². The molecule has 0 spiro atoms. The van der Waals surface area contributed by atoms with E-state index < -0.39 is 10.0 Å². The van der Waals surface area contributed by atoms with Crippen LogP contribution in [0.5, 0.6) is 0 Å². The largest absolute Gasteiger partial charge is 0.325 e. The molecule has 0 saturated carbocycles. The van der Waals surface area contributed by atoms with Gasteiger partial charge in [0.15, 0.2) is 5.16 Å². The zero-order chi connectivity index (χ0) is 17.7. The first-order valence-electron chi connectivity index (χ1n) is 7.14.